The summed E-state index contributed by atoms with van der Waals surface area (Å²) in [4.78, 5) is 0.608. The van der Waals surface area contributed by atoms with Crippen LogP contribution in [0.1, 0.15) is 5.56 Å². The van der Waals surface area contributed by atoms with E-state index in [4.69, 9.17) is 5.73 Å². The van der Waals surface area contributed by atoms with Crippen molar-refractivity contribution in [3.8, 4) is 0 Å². The van der Waals surface area contributed by atoms with Gasteiger partial charge < -0.3 is 5.73 Å². The van der Waals surface area contributed by atoms with Gasteiger partial charge >= 0.3 is 0 Å². The lowest BCUT2D eigenvalue weighted by atomic mass is 10.1. The fourth-order valence-corrected chi connectivity index (χ4v) is 2.63. The van der Waals surface area contributed by atoms with Gasteiger partial charge in [0.2, 0.25) is 0 Å². The topological polar surface area (TPSA) is 26.0 Å². The highest BCUT2D eigenvalue weighted by Gasteiger charge is 2.07. The molecule has 2 aromatic rings. The average molecular weight is 279 g/mol. The Morgan fingerprint density at radius 2 is 1.68 bits per heavy atom. The molecule has 2 N–H and O–H groups in total. The molecule has 0 spiro atoms. The molecule has 1 atom stereocenters. The minimum absolute atomic E-state index is 0.0879. The predicted molar refractivity (Wildman–Crippen MR) is 75.2 cm³/mol. The minimum atomic E-state index is -0.252. The first-order valence-electron chi connectivity index (χ1n) is 6.02. The standard InChI is InChI=1S/C15H15F2NS/c16-12-7-5-11(6-8-12)9-13(18)10-19-15-4-2-1-3-14(15)17/h1-8,13H,9-10,18H2. The maximum absolute atomic E-state index is 13.4. The third kappa shape index (κ3) is 4.33. The number of benzene rings is 2. The summed E-state index contributed by atoms with van der Waals surface area (Å²) in [5, 5.41) is 0. The minimum Gasteiger partial charge on any atom is -0.327 e. The summed E-state index contributed by atoms with van der Waals surface area (Å²) < 4.78 is 26.2. The van der Waals surface area contributed by atoms with Crippen molar-refractivity contribution in [2.75, 3.05) is 5.75 Å². The van der Waals surface area contributed by atoms with Crippen molar-refractivity contribution < 1.29 is 8.78 Å². The Bertz CT molecular complexity index is 528. The van der Waals surface area contributed by atoms with E-state index in [-0.39, 0.29) is 17.7 Å². The summed E-state index contributed by atoms with van der Waals surface area (Å²) in [7, 11) is 0. The van der Waals surface area contributed by atoms with Gasteiger partial charge in [0.05, 0.1) is 0 Å². The van der Waals surface area contributed by atoms with Crippen LogP contribution in [0.25, 0.3) is 0 Å². The molecule has 0 saturated carbocycles. The molecular formula is C15H15F2NS. The lowest BCUT2D eigenvalue weighted by Crippen LogP contribution is -2.25. The van der Waals surface area contributed by atoms with E-state index in [1.54, 1.807) is 30.3 Å². The van der Waals surface area contributed by atoms with Gasteiger partial charge in [0.15, 0.2) is 0 Å². The first kappa shape index (κ1) is 14.0. The van der Waals surface area contributed by atoms with Gasteiger partial charge in [-0.1, -0.05) is 24.3 Å². The third-order valence-corrected chi connectivity index (χ3v) is 3.94. The SMILES string of the molecule is NC(CSc1ccccc1F)Cc1ccc(F)cc1. The van der Waals surface area contributed by atoms with Crippen molar-refractivity contribution >= 4 is 11.8 Å². The largest absolute Gasteiger partial charge is 0.327 e. The van der Waals surface area contributed by atoms with Gasteiger partial charge in [-0.3, -0.25) is 0 Å². The monoisotopic (exact) mass is 279 g/mol. The van der Waals surface area contributed by atoms with Crippen molar-refractivity contribution in [1.82, 2.24) is 0 Å². The number of hydrogen-bond donors (Lipinski definition) is 1. The number of hydrogen-bond acceptors (Lipinski definition) is 2. The number of rotatable bonds is 5. The molecule has 0 fully saturated rings. The van der Waals surface area contributed by atoms with E-state index in [0.29, 0.717) is 17.1 Å². The second kappa shape index (κ2) is 6.68. The van der Waals surface area contributed by atoms with Crippen LogP contribution in [0, 0.1) is 11.6 Å². The molecule has 0 bridgehead atoms. The van der Waals surface area contributed by atoms with Crippen molar-refractivity contribution in [2.24, 2.45) is 5.73 Å². The van der Waals surface area contributed by atoms with Crippen LogP contribution in [-0.4, -0.2) is 11.8 Å². The van der Waals surface area contributed by atoms with Crippen LogP contribution in [0.5, 0.6) is 0 Å². The van der Waals surface area contributed by atoms with Gasteiger partial charge in [-0.2, -0.15) is 0 Å². The molecule has 0 amide bonds. The Balaban J connectivity index is 1.86. The summed E-state index contributed by atoms with van der Waals surface area (Å²) in [6.07, 6.45) is 0.654. The molecule has 0 heterocycles. The molecule has 100 valence electrons. The van der Waals surface area contributed by atoms with Crippen LogP contribution in [-0.2, 0) is 6.42 Å². The van der Waals surface area contributed by atoms with Crippen LogP contribution in [0.15, 0.2) is 53.4 Å². The van der Waals surface area contributed by atoms with Crippen LogP contribution >= 0.6 is 11.8 Å². The predicted octanol–water partition coefficient (Wildman–Crippen LogP) is 3.63. The van der Waals surface area contributed by atoms with Crippen molar-refractivity contribution in [3.05, 3.63) is 65.7 Å². The molecule has 1 unspecified atom stereocenters. The van der Waals surface area contributed by atoms with E-state index in [0.717, 1.165) is 5.56 Å². The fraction of sp³-hybridized carbons (Fsp3) is 0.200. The lowest BCUT2D eigenvalue weighted by molar-refractivity contribution is 0.601. The maximum Gasteiger partial charge on any atom is 0.136 e. The molecule has 0 radical (unpaired) electrons. The van der Waals surface area contributed by atoms with Crippen LogP contribution in [0.3, 0.4) is 0 Å². The molecule has 1 nitrogen and oxygen atoms in total. The number of thioether (sulfide) groups is 1. The third-order valence-electron chi connectivity index (χ3n) is 2.70. The summed E-state index contributed by atoms with van der Waals surface area (Å²) >= 11 is 1.40. The van der Waals surface area contributed by atoms with E-state index < -0.39 is 0 Å². The zero-order valence-corrected chi connectivity index (χ0v) is 11.2. The van der Waals surface area contributed by atoms with Gasteiger partial charge in [0.25, 0.3) is 0 Å². The van der Waals surface area contributed by atoms with E-state index in [2.05, 4.69) is 0 Å². The Morgan fingerprint density at radius 3 is 2.37 bits per heavy atom. The number of halogens is 2. The van der Waals surface area contributed by atoms with E-state index in [1.807, 2.05) is 0 Å². The second-order valence-electron chi connectivity index (χ2n) is 4.33. The first-order valence-corrected chi connectivity index (χ1v) is 7.01. The Kier molecular flexibility index (Phi) is 4.93. The molecule has 19 heavy (non-hydrogen) atoms. The van der Waals surface area contributed by atoms with Crippen LogP contribution in [0.4, 0.5) is 8.78 Å². The Morgan fingerprint density at radius 1 is 1.00 bits per heavy atom. The molecule has 4 heteroatoms. The molecule has 0 saturated heterocycles. The zero-order chi connectivity index (χ0) is 13.7. The van der Waals surface area contributed by atoms with Gasteiger partial charge in [-0.25, -0.2) is 8.78 Å². The number of nitrogens with two attached hydrogens (primary N) is 1. The fourth-order valence-electron chi connectivity index (χ4n) is 1.74. The molecule has 0 aliphatic carbocycles. The van der Waals surface area contributed by atoms with Gasteiger partial charge in [0.1, 0.15) is 11.6 Å². The Hall–Kier alpha value is -1.39. The smallest absolute Gasteiger partial charge is 0.136 e. The molecule has 0 aliphatic rings. The van der Waals surface area contributed by atoms with Crippen molar-refractivity contribution in [1.29, 1.82) is 0 Å². The highest BCUT2D eigenvalue weighted by Crippen LogP contribution is 2.22. The molecule has 2 rings (SSSR count). The summed E-state index contributed by atoms with van der Waals surface area (Å²) in [5.41, 5.74) is 6.99. The maximum atomic E-state index is 13.4. The van der Waals surface area contributed by atoms with E-state index >= 15 is 0 Å². The van der Waals surface area contributed by atoms with Gasteiger partial charge in [-0.05, 0) is 36.2 Å². The highest BCUT2D eigenvalue weighted by atomic mass is 32.2. The van der Waals surface area contributed by atoms with Crippen LogP contribution < -0.4 is 5.73 Å². The normalized spacial score (nSPS) is 12.4. The molecule has 0 aliphatic heterocycles. The highest BCUT2D eigenvalue weighted by molar-refractivity contribution is 7.99. The summed E-state index contributed by atoms with van der Waals surface area (Å²) in [6, 6.07) is 12.9. The summed E-state index contributed by atoms with van der Waals surface area (Å²) in [6.45, 7) is 0. The second-order valence-corrected chi connectivity index (χ2v) is 5.39. The quantitative estimate of drug-likeness (QED) is 0.846. The van der Waals surface area contributed by atoms with E-state index in [9.17, 15) is 8.78 Å². The average Bonchev–Trinajstić information content (AvgIpc) is 2.40. The first-order chi connectivity index (χ1) is 9.15. The molecule has 2 aromatic carbocycles. The van der Waals surface area contributed by atoms with Crippen molar-refractivity contribution in [3.63, 3.8) is 0 Å². The van der Waals surface area contributed by atoms with Crippen LogP contribution in [0.2, 0.25) is 0 Å². The van der Waals surface area contributed by atoms with Gasteiger partial charge in [-0.15, -0.1) is 11.8 Å². The zero-order valence-electron chi connectivity index (χ0n) is 10.4. The molecule has 0 aromatic heterocycles. The van der Waals surface area contributed by atoms with Gasteiger partial charge in [0, 0.05) is 16.7 Å². The van der Waals surface area contributed by atoms with E-state index in [1.165, 1.54) is 30.0 Å². The Labute approximate surface area is 115 Å². The molecular weight excluding hydrogens is 264 g/mol. The summed E-state index contributed by atoms with van der Waals surface area (Å²) in [5.74, 6) is 0.151. The van der Waals surface area contributed by atoms with Crippen molar-refractivity contribution in [2.45, 2.75) is 17.4 Å². The lowest BCUT2D eigenvalue weighted by Gasteiger charge is -2.11.